The number of halogens is 5. The molecule has 86 valence electrons. The van der Waals surface area contributed by atoms with Crippen LogP contribution in [0.25, 0.3) is 0 Å². The molecule has 1 heterocycles. The van der Waals surface area contributed by atoms with Gasteiger partial charge in [0.15, 0.2) is 0 Å². The van der Waals surface area contributed by atoms with E-state index in [1.165, 1.54) is 6.07 Å². The van der Waals surface area contributed by atoms with Gasteiger partial charge >= 0.3 is 6.18 Å². The largest absolute Gasteiger partial charge is 0.433 e. The molecule has 0 aliphatic heterocycles. The fourth-order valence-corrected chi connectivity index (χ4v) is 1.13. The molecule has 0 N–H and O–H groups in total. The number of hydrogen-bond donors (Lipinski definition) is 0. The van der Waals surface area contributed by atoms with Crippen LogP contribution >= 0.6 is 0 Å². The van der Waals surface area contributed by atoms with Crippen LogP contribution in [0, 0.1) is 18.3 Å². The third kappa shape index (κ3) is 2.27. The number of alkyl halides is 5. The summed E-state index contributed by atoms with van der Waals surface area (Å²) in [5.41, 5.74) is -3.38. The minimum Gasteiger partial charge on any atom is -0.242 e. The summed E-state index contributed by atoms with van der Waals surface area (Å²) in [6, 6.07) is 2.09. The summed E-state index contributed by atoms with van der Waals surface area (Å²) in [5, 5.41) is 8.52. The lowest BCUT2D eigenvalue weighted by Crippen LogP contribution is -2.13. The number of nitrogens with zero attached hydrogens (tertiary/aromatic N) is 2. The van der Waals surface area contributed by atoms with Gasteiger partial charge in [-0.25, -0.2) is 13.8 Å². The van der Waals surface area contributed by atoms with Crippen LogP contribution in [0.15, 0.2) is 6.07 Å². The lowest BCUT2D eigenvalue weighted by atomic mass is 10.1. The molecule has 0 unspecified atom stereocenters. The van der Waals surface area contributed by atoms with Crippen LogP contribution in [0.2, 0.25) is 0 Å². The maximum atomic E-state index is 12.4. The van der Waals surface area contributed by atoms with Gasteiger partial charge in [0.05, 0.1) is 11.6 Å². The summed E-state index contributed by atoms with van der Waals surface area (Å²) in [6.07, 6.45) is -7.99. The summed E-state index contributed by atoms with van der Waals surface area (Å²) in [4.78, 5) is 2.83. The Bertz CT molecular complexity index is 444. The van der Waals surface area contributed by atoms with Gasteiger partial charge < -0.3 is 0 Å². The average Bonchev–Trinajstić information content (AvgIpc) is 2.15. The highest BCUT2D eigenvalue weighted by Crippen LogP contribution is 2.33. The summed E-state index contributed by atoms with van der Waals surface area (Å²) < 4.78 is 61.7. The van der Waals surface area contributed by atoms with Crippen LogP contribution in [0.5, 0.6) is 0 Å². The average molecular weight is 236 g/mol. The molecule has 0 spiro atoms. The molecule has 0 atom stereocenters. The predicted molar refractivity (Wildman–Crippen MR) is 43.6 cm³/mol. The molecule has 0 radical (unpaired) electrons. The Hall–Kier alpha value is -1.71. The number of nitriles is 1. The zero-order valence-corrected chi connectivity index (χ0v) is 7.94. The van der Waals surface area contributed by atoms with Gasteiger partial charge in [-0.2, -0.15) is 18.4 Å². The lowest BCUT2D eigenvalue weighted by Gasteiger charge is -2.11. The van der Waals surface area contributed by atoms with E-state index in [-0.39, 0.29) is 0 Å². The highest BCUT2D eigenvalue weighted by Gasteiger charge is 2.36. The van der Waals surface area contributed by atoms with E-state index < -0.39 is 35.1 Å². The zero-order chi connectivity index (χ0) is 12.5. The summed E-state index contributed by atoms with van der Waals surface area (Å²) >= 11 is 0. The van der Waals surface area contributed by atoms with Crippen LogP contribution < -0.4 is 0 Å². The van der Waals surface area contributed by atoms with Crippen LogP contribution in [0.4, 0.5) is 22.0 Å². The van der Waals surface area contributed by atoms with E-state index in [0.29, 0.717) is 6.07 Å². The molecular weight excluding hydrogens is 231 g/mol. The van der Waals surface area contributed by atoms with Crippen molar-refractivity contribution in [3.8, 4) is 6.07 Å². The van der Waals surface area contributed by atoms with Gasteiger partial charge in [-0.15, -0.1) is 0 Å². The fraction of sp³-hybridized carbons (Fsp3) is 0.333. The van der Waals surface area contributed by atoms with E-state index in [1.807, 2.05) is 0 Å². The molecule has 0 aliphatic carbocycles. The van der Waals surface area contributed by atoms with E-state index in [2.05, 4.69) is 4.98 Å². The number of rotatable bonds is 1. The van der Waals surface area contributed by atoms with E-state index in [0.717, 1.165) is 6.92 Å². The minimum atomic E-state index is -4.85. The Balaban J connectivity index is 3.50. The van der Waals surface area contributed by atoms with E-state index in [1.54, 1.807) is 0 Å². The molecule has 16 heavy (non-hydrogen) atoms. The van der Waals surface area contributed by atoms with Crippen molar-refractivity contribution in [1.29, 1.82) is 5.26 Å². The Labute approximate surface area is 87.3 Å². The first-order chi connectivity index (χ1) is 7.27. The molecule has 7 heteroatoms. The number of aromatic nitrogens is 1. The first-order valence-electron chi connectivity index (χ1n) is 4.04. The van der Waals surface area contributed by atoms with Gasteiger partial charge in [-0.1, -0.05) is 0 Å². The van der Waals surface area contributed by atoms with Gasteiger partial charge in [0, 0.05) is 0 Å². The number of pyridine rings is 1. The topological polar surface area (TPSA) is 36.7 Å². The Kier molecular flexibility index (Phi) is 3.12. The Morgan fingerprint density at radius 3 is 2.31 bits per heavy atom. The minimum absolute atomic E-state index is 0.445. The van der Waals surface area contributed by atoms with Crippen LogP contribution in [0.1, 0.15) is 28.9 Å². The van der Waals surface area contributed by atoms with Gasteiger partial charge in [0.25, 0.3) is 6.43 Å². The first kappa shape index (κ1) is 12.4. The van der Waals surface area contributed by atoms with Crippen LogP contribution in [-0.2, 0) is 6.18 Å². The molecule has 0 bridgehead atoms. The molecule has 0 amide bonds. The second-order valence-electron chi connectivity index (χ2n) is 2.98. The predicted octanol–water partition coefficient (Wildman–Crippen LogP) is 3.22. The highest BCUT2D eigenvalue weighted by atomic mass is 19.4. The first-order valence-corrected chi connectivity index (χ1v) is 4.04. The van der Waals surface area contributed by atoms with Crippen molar-refractivity contribution in [1.82, 2.24) is 4.98 Å². The maximum Gasteiger partial charge on any atom is 0.433 e. The second-order valence-corrected chi connectivity index (χ2v) is 2.98. The van der Waals surface area contributed by atoms with Gasteiger partial charge in [0.2, 0.25) is 0 Å². The summed E-state index contributed by atoms with van der Waals surface area (Å²) in [7, 11) is 0. The van der Waals surface area contributed by atoms with Gasteiger partial charge in [0.1, 0.15) is 11.4 Å². The Morgan fingerprint density at radius 2 is 1.94 bits per heavy atom. The molecule has 1 aromatic rings. The summed E-state index contributed by atoms with van der Waals surface area (Å²) in [6.45, 7) is 1.02. The van der Waals surface area contributed by atoms with Crippen molar-refractivity contribution in [2.75, 3.05) is 0 Å². The molecule has 1 rings (SSSR count). The molecule has 0 aromatic carbocycles. The molecule has 1 aromatic heterocycles. The smallest absolute Gasteiger partial charge is 0.242 e. The Morgan fingerprint density at radius 1 is 1.38 bits per heavy atom. The standard InChI is InChI=1S/C9H5F5N2/c1-4-5(3-15)2-6(8(10)11)16-7(4)9(12,13)14/h2,8H,1H3. The molecule has 0 saturated carbocycles. The molecular formula is C9H5F5N2. The normalized spacial score (nSPS) is 11.6. The van der Waals surface area contributed by atoms with E-state index in [4.69, 9.17) is 5.26 Å². The quantitative estimate of drug-likeness (QED) is 0.702. The van der Waals surface area contributed by atoms with Crippen molar-refractivity contribution in [3.05, 3.63) is 28.6 Å². The monoisotopic (exact) mass is 236 g/mol. The molecule has 0 saturated heterocycles. The molecule has 0 fully saturated rings. The maximum absolute atomic E-state index is 12.4. The van der Waals surface area contributed by atoms with Crippen molar-refractivity contribution in [2.24, 2.45) is 0 Å². The third-order valence-electron chi connectivity index (χ3n) is 1.90. The fourth-order valence-electron chi connectivity index (χ4n) is 1.13. The second kappa shape index (κ2) is 4.04. The third-order valence-corrected chi connectivity index (χ3v) is 1.90. The van der Waals surface area contributed by atoms with Crippen LogP contribution in [0.3, 0.4) is 0 Å². The molecule has 0 aliphatic rings. The molecule has 2 nitrogen and oxygen atoms in total. The van der Waals surface area contributed by atoms with Crippen LogP contribution in [-0.4, -0.2) is 4.98 Å². The zero-order valence-electron chi connectivity index (χ0n) is 7.94. The van der Waals surface area contributed by atoms with Crippen molar-refractivity contribution in [3.63, 3.8) is 0 Å². The van der Waals surface area contributed by atoms with E-state index in [9.17, 15) is 22.0 Å². The van der Waals surface area contributed by atoms with Crippen molar-refractivity contribution in [2.45, 2.75) is 19.5 Å². The van der Waals surface area contributed by atoms with Crippen molar-refractivity contribution < 1.29 is 22.0 Å². The van der Waals surface area contributed by atoms with Gasteiger partial charge in [-0.05, 0) is 18.6 Å². The summed E-state index contributed by atoms with van der Waals surface area (Å²) in [5.74, 6) is 0. The SMILES string of the molecule is Cc1c(C#N)cc(C(F)F)nc1C(F)(F)F. The van der Waals surface area contributed by atoms with Gasteiger partial charge in [-0.3, -0.25) is 0 Å². The number of hydrogen-bond acceptors (Lipinski definition) is 2. The van der Waals surface area contributed by atoms with E-state index >= 15 is 0 Å². The lowest BCUT2D eigenvalue weighted by molar-refractivity contribution is -0.141. The van der Waals surface area contributed by atoms with Crippen molar-refractivity contribution >= 4 is 0 Å². The highest BCUT2D eigenvalue weighted by molar-refractivity contribution is 5.41.